The molecule has 1 fully saturated rings. The number of fused-ring (bicyclic) bond motifs is 1. The molecule has 0 spiro atoms. The number of nitrogen functional groups attached to an aromatic ring is 1. The maximum atomic E-state index is 13.5. The molecule has 1 amide bonds. The van der Waals surface area contributed by atoms with Crippen LogP contribution >= 0.6 is 0 Å². The molecule has 5 rings (SSSR count). The summed E-state index contributed by atoms with van der Waals surface area (Å²) in [6.45, 7) is 1.95. The van der Waals surface area contributed by atoms with E-state index in [1.165, 1.54) is 18.5 Å². The number of hydrogen-bond donors (Lipinski definition) is 3. The summed E-state index contributed by atoms with van der Waals surface area (Å²) < 4.78 is 46.4. The van der Waals surface area contributed by atoms with Crippen molar-refractivity contribution < 1.29 is 22.7 Å². The Balaban J connectivity index is 1.49. The number of hydrogen-bond acceptors (Lipinski definition) is 7. The number of pyridine rings is 1. The fourth-order valence-electron chi connectivity index (χ4n) is 4.27. The Labute approximate surface area is 210 Å². The second-order valence-electron chi connectivity index (χ2n) is 8.85. The Hall–Kier alpha value is -4.25. The molecule has 8 nitrogen and oxygen atoms in total. The molecule has 0 bridgehead atoms. The van der Waals surface area contributed by atoms with Crippen LogP contribution in [-0.4, -0.2) is 32.9 Å². The molecule has 1 aliphatic heterocycles. The van der Waals surface area contributed by atoms with Crippen LogP contribution in [0.25, 0.3) is 22.2 Å². The number of carbonyl (C=O) groups is 1. The van der Waals surface area contributed by atoms with Crippen LogP contribution in [0.5, 0.6) is 11.6 Å². The zero-order chi connectivity index (χ0) is 26.2. The molecule has 2 aromatic heterocycles. The van der Waals surface area contributed by atoms with Crippen LogP contribution in [0.1, 0.15) is 25.3 Å². The van der Waals surface area contributed by atoms with Gasteiger partial charge in [-0.1, -0.05) is 18.2 Å². The number of aromatic nitrogens is 3. The first-order valence-electron chi connectivity index (χ1n) is 11.6. The number of anilines is 2. The molecule has 0 radical (unpaired) electrons. The number of nitrogens with zero attached hydrogens (tertiary/aromatic N) is 3. The Morgan fingerprint density at radius 1 is 1.11 bits per heavy atom. The highest BCUT2D eigenvalue weighted by Crippen LogP contribution is 2.37. The minimum absolute atomic E-state index is 0.00886. The number of halogens is 3. The molecule has 1 unspecified atom stereocenters. The maximum absolute atomic E-state index is 13.5. The molecule has 190 valence electrons. The molecule has 4 N–H and O–H groups in total. The third-order valence-corrected chi connectivity index (χ3v) is 6.13. The molecule has 3 heterocycles. The summed E-state index contributed by atoms with van der Waals surface area (Å²) in [7, 11) is 0. The Bertz CT molecular complexity index is 1480. The number of carbonyl (C=O) groups excluding carboxylic acids is 1. The average Bonchev–Trinajstić information content (AvgIpc) is 3.30. The first-order valence-corrected chi connectivity index (χ1v) is 11.6. The summed E-state index contributed by atoms with van der Waals surface area (Å²) in [6, 6.07) is 13.1. The van der Waals surface area contributed by atoms with E-state index in [1.54, 1.807) is 18.2 Å². The molecular formula is C26H23F3N6O2. The molecule has 11 heteroatoms. The maximum Gasteiger partial charge on any atom is 0.416 e. The highest BCUT2D eigenvalue weighted by molar-refractivity contribution is 5.98. The predicted molar refractivity (Wildman–Crippen MR) is 133 cm³/mol. The lowest BCUT2D eigenvalue weighted by molar-refractivity contribution is -0.137. The van der Waals surface area contributed by atoms with Gasteiger partial charge in [-0.05, 0) is 50.1 Å². The van der Waals surface area contributed by atoms with Crippen LogP contribution in [0.3, 0.4) is 0 Å². The summed E-state index contributed by atoms with van der Waals surface area (Å²) in [4.78, 5) is 25.5. The smallest absolute Gasteiger partial charge is 0.416 e. The number of benzene rings is 2. The molecule has 0 aliphatic carbocycles. The lowest BCUT2D eigenvalue weighted by atomic mass is 10.0. The van der Waals surface area contributed by atoms with Gasteiger partial charge in [0, 0.05) is 23.1 Å². The van der Waals surface area contributed by atoms with Crippen LogP contribution in [-0.2, 0) is 11.0 Å². The number of nitrogens with two attached hydrogens (primary N) is 1. The van der Waals surface area contributed by atoms with Crippen LogP contribution in [0.4, 0.5) is 24.7 Å². The van der Waals surface area contributed by atoms with Crippen LogP contribution in [0.2, 0.25) is 0 Å². The van der Waals surface area contributed by atoms with Crippen LogP contribution in [0, 0.1) is 0 Å². The predicted octanol–water partition coefficient (Wildman–Crippen LogP) is 5.16. The number of ether oxygens (including phenoxy) is 1. The zero-order valence-corrected chi connectivity index (χ0v) is 19.7. The average molecular weight is 509 g/mol. The van der Waals surface area contributed by atoms with Gasteiger partial charge in [-0.2, -0.15) is 13.2 Å². The van der Waals surface area contributed by atoms with Gasteiger partial charge in [0.05, 0.1) is 23.0 Å². The number of nitrogens with one attached hydrogen (secondary N) is 2. The molecule has 2 aromatic carbocycles. The molecule has 0 saturated carbocycles. The van der Waals surface area contributed by atoms with E-state index >= 15 is 0 Å². The van der Waals surface area contributed by atoms with E-state index in [1.807, 2.05) is 19.1 Å². The van der Waals surface area contributed by atoms with Gasteiger partial charge in [0.25, 0.3) is 0 Å². The molecule has 1 aliphatic rings. The summed E-state index contributed by atoms with van der Waals surface area (Å²) >= 11 is 0. The second kappa shape index (κ2) is 9.66. The Kier molecular flexibility index (Phi) is 6.38. The number of rotatable bonds is 5. The SMILES string of the molecule is CC1CC[C@@H](C(=O)Nc2cc(C(F)(F)F)ccc2-c2cc(Oc3cccc4ccc(N)nc34)ncn2)N1. The van der Waals surface area contributed by atoms with E-state index in [-0.39, 0.29) is 23.3 Å². The fraction of sp³-hybridized carbons (Fsp3) is 0.231. The topological polar surface area (TPSA) is 115 Å². The van der Waals surface area contributed by atoms with Gasteiger partial charge in [-0.25, -0.2) is 15.0 Å². The third kappa shape index (κ3) is 5.31. The summed E-state index contributed by atoms with van der Waals surface area (Å²) in [6.07, 6.45) is -1.95. The number of amides is 1. The molecular weight excluding hydrogens is 485 g/mol. The summed E-state index contributed by atoms with van der Waals surface area (Å²) in [5.74, 6) is 0.458. The van der Waals surface area contributed by atoms with Crippen molar-refractivity contribution in [2.45, 2.75) is 38.0 Å². The van der Waals surface area contributed by atoms with Gasteiger partial charge in [0.1, 0.15) is 17.7 Å². The van der Waals surface area contributed by atoms with Gasteiger partial charge >= 0.3 is 6.18 Å². The number of alkyl halides is 3. The van der Waals surface area contributed by atoms with Crippen molar-refractivity contribution in [3.8, 4) is 22.9 Å². The third-order valence-electron chi connectivity index (χ3n) is 6.13. The van der Waals surface area contributed by atoms with Crippen LogP contribution < -0.4 is 21.1 Å². The van der Waals surface area contributed by atoms with E-state index in [4.69, 9.17) is 10.5 Å². The fourth-order valence-corrected chi connectivity index (χ4v) is 4.27. The molecule has 2 atom stereocenters. The van der Waals surface area contributed by atoms with Gasteiger partial charge in [-0.3, -0.25) is 4.79 Å². The minimum atomic E-state index is -4.58. The van der Waals surface area contributed by atoms with E-state index < -0.39 is 23.7 Å². The minimum Gasteiger partial charge on any atom is -0.437 e. The molecule has 4 aromatic rings. The van der Waals surface area contributed by atoms with Crippen molar-refractivity contribution in [1.82, 2.24) is 20.3 Å². The van der Waals surface area contributed by atoms with Gasteiger partial charge in [-0.15, -0.1) is 0 Å². The van der Waals surface area contributed by atoms with Gasteiger partial charge in [0.2, 0.25) is 11.8 Å². The molecule has 37 heavy (non-hydrogen) atoms. The van der Waals surface area contributed by atoms with E-state index in [0.717, 1.165) is 23.9 Å². The van der Waals surface area contributed by atoms with E-state index in [0.29, 0.717) is 29.1 Å². The van der Waals surface area contributed by atoms with Crippen molar-refractivity contribution in [1.29, 1.82) is 0 Å². The largest absolute Gasteiger partial charge is 0.437 e. The first-order chi connectivity index (χ1) is 17.7. The standard InChI is InChI=1S/C26H23F3N6O2/c1-14-5-9-18(33-14)25(36)34-20-11-16(26(27,28)29)7-8-17(20)19-12-23(32-13-31-19)37-21-4-2-3-15-6-10-22(30)35-24(15)21/h2-4,6-8,10-14,18,33H,5,9H2,1H3,(H2,30,35)(H,34,36)/t14?,18-/m0/s1. The van der Waals surface area contributed by atoms with E-state index in [9.17, 15) is 18.0 Å². The summed E-state index contributed by atoms with van der Waals surface area (Å²) in [5, 5.41) is 6.60. The van der Waals surface area contributed by atoms with Crippen molar-refractivity contribution in [2.24, 2.45) is 0 Å². The Morgan fingerprint density at radius 2 is 1.95 bits per heavy atom. The Morgan fingerprint density at radius 3 is 2.70 bits per heavy atom. The highest BCUT2D eigenvalue weighted by Gasteiger charge is 2.32. The monoisotopic (exact) mass is 508 g/mol. The molecule has 1 saturated heterocycles. The highest BCUT2D eigenvalue weighted by atomic mass is 19.4. The lowest BCUT2D eigenvalue weighted by Crippen LogP contribution is -2.38. The van der Waals surface area contributed by atoms with E-state index in [2.05, 4.69) is 25.6 Å². The normalized spacial score (nSPS) is 17.6. The quantitative estimate of drug-likeness (QED) is 0.341. The van der Waals surface area contributed by atoms with Crippen molar-refractivity contribution in [3.63, 3.8) is 0 Å². The van der Waals surface area contributed by atoms with Crippen LogP contribution in [0.15, 0.2) is 60.9 Å². The zero-order valence-electron chi connectivity index (χ0n) is 19.7. The van der Waals surface area contributed by atoms with Gasteiger partial charge < -0.3 is 21.1 Å². The lowest BCUT2D eigenvalue weighted by Gasteiger charge is -2.17. The van der Waals surface area contributed by atoms with Crippen molar-refractivity contribution in [3.05, 3.63) is 66.5 Å². The summed E-state index contributed by atoms with van der Waals surface area (Å²) in [5.41, 5.74) is 6.03. The second-order valence-corrected chi connectivity index (χ2v) is 8.85. The van der Waals surface area contributed by atoms with Crippen molar-refractivity contribution >= 4 is 28.3 Å². The number of para-hydroxylation sites is 1. The van der Waals surface area contributed by atoms with Gasteiger partial charge in [0.15, 0.2) is 5.75 Å². The first kappa shape index (κ1) is 24.4. The van der Waals surface area contributed by atoms with Crippen molar-refractivity contribution in [2.75, 3.05) is 11.1 Å².